The molecule has 1 aromatic heterocycles. The van der Waals surface area contributed by atoms with E-state index in [9.17, 15) is 5.11 Å². The molecule has 96 valence electrons. The second-order valence-corrected chi connectivity index (χ2v) is 4.59. The van der Waals surface area contributed by atoms with Gasteiger partial charge in [0, 0.05) is 35.6 Å². The first-order valence-corrected chi connectivity index (χ1v) is 6.16. The van der Waals surface area contributed by atoms with Crippen molar-refractivity contribution >= 4 is 5.69 Å². The Morgan fingerprint density at radius 1 is 1.33 bits per heavy atom. The van der Waals surface area contributed by atoms with Crippen LogP contribution in [-0.2, 0) is 13.2 Å². The maximum atomic E-state index is 9.24. The molecule has 0 unspecified atom stereocenters. The highest BCUT2D eigenvalue weighted by Gasteiger charge is 2.03. The molecule has 1 aromatic carbocycles. The number of hydrogen-bond acceptors (Lipinski definition) is 3. The van der Waals surface area contributed by atoms with Gasteiger partial charge in [-0.25, -0.2) is 0 Å². The number of rotatable bonds is 5. The third-order valence-electron chi connectivity index (χ3n) is 2.85. The lowest BCUT2D eigenvalue weighted by atomic mass is 10.2. The Balaban J connectivity index is 2.02. The molecule has 4 nitrogen and oxygen atoms in total. The summed E-state index contributed by atoms with van der Waals surface area (Å²) in [6, 6.07) is 8.15. The van der Waals surface area contributed by atoms with Gasteiger partial charge < -0.3 is 10.4 Å². The van der Waals surface area contributed by atoms with E-state index in [1.54, 1.807) is 0 Å². The van der Waals surface area contributed by atoms with E-state index in [0.717, 1.165) is 16.8 Å². The Morgan fingerprint density at radius 2 is 2.11 bits per heavy atom. The van der Waals surface area contributed by atoms with Gasteiger partial charge in [0.15, 0.2) is 0 Å². The lowest BCUT2D eigenvalue weighted by molar-refractivity contribution is 0.282. The largest absolute Gasteiger partial charge is 0.392 e. The van der Waals surface area contributed by atoms with Crippen LogP contribution in [0.1, 0.15) is 31.0 Å². The molecule has 0 aliphatic rings. The van der Waals surface area contributed by atoms with Gasteiger partial charge in [-0.05, 0) is 19.9 Å². The Bertz CT molecular complexity index is 505. The van der Waals surface area contributed by atoms with Crippen molar-refractivity contribution in [1.82, 2.24) is 9.78 Å². The first-order valence-electron chi connectivity index (χ1n) is 6.16. The standard InChI is InChI=1S/C14H19N3O/c1-11(2)17-9-12(8-16-17)7-15-14-6-4-3-5-13(14)10-18/h3-6,8-9,11,15,18H,7,10H2,1-2H3. The van der Waals surface area contributed by atoms with E-state index in [0.29, 0.717) is 12.6 Å². The molecule has 0 atom stereocenters. The van der Waals surface area contributed by atoms with Gasteiger partial charge in [-0.15, -0.1) is 0 Å². The fraction of sp³-hybridized carbons (Fsp3) is 0.357. The van der Waals surface area contributed by atoms with Gasteiger partial charge in [0.2, 0.25) is 0 Å². The summed E-state index contributed by atoms with van der Waals surface area (Å²) in [5.41, 5.74) is 3.02. The molecular weight excluding hydrogens is 226 g/mol. The zero-order valence-electron chi connectivity index (χ0n) is 10.8. The van der Waals surface area contributed by atoms with E-state index in [-0.39, 0.29) is 6.61 Å². The quantitative estimate of drug-likeness (QED) is 0.851. The van der Waals surface area contributed by atoms with Crippen LogP contribution in [0.25, 0.3) is 0 Å². The predicted octanol–water partition coefficient (Wildman–Crippen LogP) is 2.57. The number of aliphatic hydroxyl groups is 1. The zero-order chi connectivity index (χ0) is 13.0. The van der Waals surface area contributed by atoms with Crippen LogP contribution in [0.5, 0.6) is 0 Å². The molecule has 4 heteroatoms. The van der Waals surface area contributed by atoms with E-state index in [4.69, 9.17) is 0 Å². The first-order chi connectivity index (χ1) is 8.70. The van der Waals surface area contributed by atoms with E-state index >= 15 is 0 Å². The highest BCUT2D eigenvalue weighted by molar-refractivity contribution is 5.50. The molecule has 1 heterocycles. The van der Waals surface area contributed by atoms with Crippen molar-refractivity contribution in [2.24, 2.45) is 0 Å². The van der Waals surface area contributed by atoms with E-state index in [2.05, 4.69) is 24.3 Å². The Hall–Kier alpha value is -1.81. The number of hydrogen-bond donors (Lipinski definition) is 2. The SMILES string of the molecule is CC(C)n1cc(CNc2ccccc2CO)cn1. The van der Waals surface area contributed by atoms with Crippen LogP contribution in [0.15, 0.2) is 36.7 Å². The fourth-order valence-electron chi connectivity index (χ4n) is 1.78. The third-order valence-corrected chi connectivity index (χ3v) is 2.85. The summed E-state index contributed by atoms with van der Waals surface area (Å²) in [4.78, 5) is 0. The summed E-state index contributed by atoms with van der Waals surface area (Å²) in [6.45, 7) is 4.97. The minimum atomic E-state index is 0.0500. The van der Waals surface area contributed by atoms with Crippen LogP contribution in [0, 0.1) is 0 Å². The number of aromatic nitrogens is 2. The van der Waals surface area contributed by atoms with Crippen molar-refractivity contribution in [3.8, 4) is 0 Å². The zero-order valence-corrected chi connectivity index (χ0v) is 10.8. The van der Waals surface area contributed by atoms with E-state index < -0.39 is 0 Å². The summed E-state index contributed by atoms with van der Waals surface area (Å²) >= 11 is 0. The van der Waals surface area contributed by atoms with Gasteiger partial charge in [-0.2, -0.15) is 5.10 Å². The average Bonchev–Trinajstić information content (AvgIpc) is 2.85. The number of nitrogens with one attached hydrogen (secondary N) is 1. The summed E-state index contributed by atoms with van der Waals surface area (Å²) < 4.78 is 1.94. The molecule has 0 fully saturated rings. The smallest absolute Gasteiger partial charge is 0.0701 e. The predicted molar refractivity (Wildman–Crippen MR) is 72.3 cm³/mol. The van der Waals surface area contributed by atoms with Gasteiger partial charge in [-0.1, -0.05) is 18.2 Å². The number of para-hydroxylation sites is 1. The average molecular weight is 245 g/mol. The van der Waals surface area contributed by atoms with E-state index in [1.165, 1.54) is 0 Å². The van der Waals surface area contributed by atoms with Crippen LogP contribution in [0.3, 0.4) is 0 Å². The van der Waals surface area contributed by atoms with Gasteiger partial charge in [0.1, 0.15) is 0 Å². The maximum Gasteiger partial charge on any atom is 0.0701 e. The molecule has 0 aliphatic heterocycles. The highest BCUT2D eigenvalue weighted by atomic mass is 16.3. The lowest BCUT2D eigenvalue weighted by Gasteiger charge is -2.09. The third kappa shape index (κ3) is 2.90. The molecule has 2 rings (SSSR count). The number of nitrogens with zero attached hydrogens (tertiary/aromatic N) is 2. The lowest BCUT2D eigenvalue weighted by Crippen LogP contribution is -2.02. The monoisotopic (exact) mass is 245 g/mol. The van der Waals surface area contributed by atoms with Crippen molar-refractivity contribution in [3.63, 3.8) is 0 Å². The Morgan fingerprint density at radius 3 is 2.78 bits per heavy atom. The molecule has 2 N–H and O–H groups in total. The molecule has 0 bridgehead atoms. The van der Waals surface area contributed by atoms with E-state index in [1.807, 2.05) is 41.3 Å². The van der Waals surface area contributed by atoms with Crippen LogP contribution in [-0.4, -0.2) is 14.9 Å². The molecule has 18 heavy (non-hydrogen) atoms. The number of benzene rings is 1. The van der Waals surface area contributed by atoms with Gasteiger partial charge in [0.25, 0.3) is 0 Å². The van der Waals surface area contributed by atoms with Crippen molar-refractivity contribution in [2.75, 3.05) is 5.32 Å². The molecular formula is C14H19N3O. The van der Waals surface area contributed by atoms with Crippen LogP contribution < -0.4 is 5.32 Å². The fourth-order valence-corrected chi connectivity index (χ4v) is 1.78. The summed E-state index contributed by atoms with van der Waals surface area (Å²) in [7, 11) is 0. The molecule has 0 saturated carbocycles. The minimum Gasteiger partial charge on any atom is -0.392 e. The van der Waals surface area contributed by atoms with Crippen molar-refractivity contribution < 1.29 is 5.11 Å². The second kappa shape index (κ2) is 5.69. The van der Waals surface area contributed by atoms with Crippen molar-refractivity contribution in [2.45, 2.75) is 33.0 Å². The molecule has 0 amide bonds. The maximum absolute atomic E-state index is 9.24. The Labute approximate surface area is 107 Å². The Kier molecular flexibility index (Phi) is 3.99. The summed E-state index contributed by atoms with van der Waals surface area (Å²) in [5.74, 6) is 0. The minimum absolute atomic E-state index is 0.0500. The molecule has 0 saturated heterocycles. The molecule has 0 aliphatic carbocycles. The topological polar surface area (TPSA) is 50.1 Å². The normalized spacial score (nSPS) is 10.9. The van der Waals surface area contributed by atoms with Crippen LogP contribution in [0.4, 0.5) is 5.69 Å². The molecule has 0 spiro atoms. The van der Waals surface area contributed by atoms with Gasteiger partial charge in [-0.3, -0.25) is 4.68 Å². The molecule has 0 radical (unpaired) electrons. The number of aliphatic hydroxyl groups excluding tert-OH is 1. The van der Waals surface area contributed by atoms with Gasteiger partial charge >= 0.3 is 0 Å². The highest BCUT2D eigenvalue weighted by Crippen LogP contribution is 2.16. The van der Waals surface area contributed by atoms with Crippen LogP contribution >= 0.6 is 0 Å². The summed E-state index contributed by atoms with van der Waals surface area (Å²) in [5, 5.41) is 16.9. The first kappa shape index (κ1) is 12.6. The second-order valence-electron chi connectivity index (χ2n) is 4.59. The van der Waals surface area contributed by atoms with Crippen molar-refractivity contribution in [3.05, 3.63) is 47.8 Å². The molecule has 2 aromatic rings. The van der Waals surface area contributed by atoms with Crippen molar-refractivity contribution in [1.29, 1.82) is 0 Å². The summed E-state index contributed by atoms with van der Waals surface area (Å²) in [6.07, 6.45) is 3.91. The number of anilines is 1. The van der Waals surface area contributed by atoms with Crippen LogP contribution in [0.2, 0.25) is 0 Å². The van der Waals surface area contributed by atoms with Gasteiger partial charge in [0.05, 0.1) is 12.8 Å².